The lowest BCUT2D eigenvalue weighted by atomic mass is 9.65. The van der Waals surface area contributed by atoms with Crippen molar-refractivity contribution in [1.82, 2.24) is 0 Å². The van der Waals surface area contributed by atoms with Crippen molar-refractivity contribution in [3.63, 3.8) is 0 Å². The van der Waals surface area contributed by atoms with E-state index in [0.29, 0.717) is 17.5 Å². The normalized spacial score (nSPS) is 27.2. The highest BCUT2D eigenvalue weighted by Crippen LogP contribution is 2.47. The minimum atomic E-state index is -2.68. The van der Waals surface area contributed by atoms with Crippen molar-refractivity contribution in [2.75, 3.05) is 6.16 Å². The van der Waals surface area contributed by atoms with Crippen molar-refractivity contribution in [2.24, 2.45) is 0 Å². The van der Waals surface area contributed by atoms with E-state index in [-0.39, 0.29) is 25.4 Å². The fourth-order valence-corrected chi connectivity index (χ4v) is 6.87. The molecule has 1 saturated heterocycles. The molecule has 0 saturated carbocycles. The maximum Gasteiger partial charge on any atom is 0.303 e. The van der Waals surface area contributed by atoms with E-state index in [1.165, 1.54) is 6.92 Å². The molecule has 1 aliphatic rings. The van der Waals surface area contributed by atoms with E-state index in [2.05, 4.69) is 0 Å². The van der Waals surface area contributed by atoms with E-state index in [9.17, 15) is 24.7 Å². The molecule has 0 spiro atoms. The van der Waals surface area contributed by atoms with Gasteiger partial charge < -0.3 is 24.8 Å². The van der Waals surface area contributed by atoms with Gasteiger partial charge in [-0.3, -0.25) is 13.9 Å². The van der Waals surface area contributed by atoms with Gasteiger partial charge >= 0.3 is 5.97 Å². The van der Waals surface area contributed by atoms with Gasteiger partial charge in [0.2, 0.25) is 6.29 Å². The van der Waals surface area contributed by atoms with Crippen LogP contribution in [-0.4, -0.2) is 63.3 Å². The Morgan fingerprint density at radius 3 is 1.88 bits per heavy atom. The van der Waals surface area contributed by atoms with E-state index in [0.717, 1.165) is 12.0 Å². The molecule has 1 fully saturated rings. The van der Waals surface area contributed by atoms with Crippen molar-refractivity contribution in [1.29, 1.82) is 0 Å². The molecule has 3 N–H and O–H groups in total. The summed E-state index contributed by atoms with van der Waals surface area (Å²) in [5.41, 5.74) is -2.30. The molecule has 2 unspecified atom stereocenters. The number of aliphatic hydroxyl groups excluding tert-OH is 1. The van der Waals surface area contributed by atoms with E-state index in [1.807, 2.05) is 61.5 Å². The lowest BCUT2D eigenvalue weighted by Gasteiger charge is -2.57. The van der Waals surface area contributed by atoms with Gasteiger partial charge in [0, 0.05) is 32.3 Å². The average Bonchev–Trinajstić information content (AvgIpc) is 2.97. The Morgan fingerprint density at radius 1 is 0.881 bits per heavy atom. The zero-order valence-electron chi connectivity index (χ0n) is 24.1. The van der Waals surface area contributed by atoms with Gasteiger partial charge in [0.15, 0.2) is 14.1 Å². The third-order valence-corrected chi connectivity index (χ3v) is 9.02. The summed E-state index contributed by atoms with van der Waals surface area (Å²) in [5.74, 6) is -0.734. The quantitative estimate of drug-likeness (QED) is 0.195. The van der Waals surface area contributed by atoms with Gasteiger partial charge in [0.1, 0.15) is 17.3 Å². The molecule has 8 nitrogen and oxygen atoms in total. The van der Waals surface area contributed by atoms with Crippen LogP contribution in [0.15, 0.2) is 91.0 Å². The molecule has 226 valence electrons. The fraction of sp³-hybridized carbons (Fsp3) is 0.424. The molecular weight excluding hydrogens is 555 g/mol. The molecule has 3 aromatic rings. The van der Waals surface area contributed by atoms with Crippen LogP contribution in [0.2, 0.25) is 0 Å². The molecule has 0 radical (unpaired) electrons. The molecule has 3 aromatic carbocycles. The first-order valence-electron chi connectivity index (χ1n) is 14.4. The van der Waals surface area contributed by atoms with Crippen LogP contribution in [0.3, 0.4) is 0 Å². The molecular formula is C33H41O8P. The van der Waals surface area contributed by atoms with E-state index in [1.54, 1.807) is 36.4 Å². The number of carbonyl (C=O) groups is 1. The topological polar surface area (TPSA) is 123 Å². The number of hydrogen-bond acceptors (Lipinski definition) is 8. The van der Waals surface area contributed by atoms with Crippen molar-refractivity contribution >= 4 is 14.0 Å². The van der Waals surface area contributed by atoms with Crippen LogP contribution in [0.4, 0.5) is 0 Å². The minimum Gasteiger partial charge on any atom is -0.454 e. The second-order valence-corrected chi connectivity index (χ2v) is 12.5. The largest absolute Gasteiger partial charge is 0.454 e. The van der Waals surface area contributed by atoms with E-state index >= 15 is 0 Å². The summed E-state index contributed by atoms with van der Waals surface area (Å²) in [6.45, 7) is 3.15. The Morgan fingerprint density at radius 2 is 1.38 bits per heavy atom. The van der Waals surface area contributed by atoms with Gasteiger partial charge in [-0.15, -0.1) is 0 Å². The van der Waals surface area contributed by atoms with Crippen molar-refractivity contribution in [3.8, 4) is 0 Å². The first-order valence-corrected chi connectivity index (χ1v) is 16.0. The summed E-state index contributed by atoms with van der Waals surface area (Å²) in [7, 11) is -2.68. The maximum atomic E-state index is 13.0. The molecule has 4 rings (SSSR count). The van der Waals surface area contributed by atoms with Gasteiger partial charge in [0.05, 0.1) is 6.10 Å². The van der Waals surface area contributed by atoms with Crippen LogP contribution in [0, 0.1) is 0 Å². The predicted molar refractivity (Wildman–Crippen MR) is 160 cm³/mol. The lowest BCUT2D eigenvalue weighted by Crippen LogP contribution is -2.78. The summed E-state index contributed by atoms with van der Waals surface area (Å²) >= 11 is 0. The summed E-state index contributed by atoms with van der Waals surface area (Å²) in [6.07, 6.45) is -4.27. The zero-order chi connectivity index (χ0) is 30.2. The standard InChI is InChI=1S/C33H41O8P/c1-3-4-20-42(38)41-31-30(39-24(2)34)33(37,23-27-18-12-7-13-19-27)32(36,22-26-16-10-6-11-17-26)29(40-31)28(35)21-25-14-8-5-9-15-25/h5-19,28-31,35-37,42H,3-4,20-23H2,1-2H3/t28?,29-,30+,31-,32-,33-/m1/s1. The third kappa shape index (κ3) is 7.56. The Kier molecular flexibility index (Phi) is 11.1. The Labute approximate surface area is 248 Å². The number of unbranched alkanes of at least 4 members (excludes halogenated alkanes) is 1. The minimum absolute atomic E-state index is 0.0972. The van der Waals surface area contributed by atoms with Crippen LogP contribution in [0.25, 0.3) is 0 Å². The van der Waals surface area contributed by atoms with Gasteiger partial charge in [-0.2, -0.15) is 0 Å². The van der Waals surface area contributed by atoms with Crippen LogP contribution in [-0.2, 0) is 42.6 Å². The highest BCUT2D eigenvalue weighted by molar-refractivity contribution is 7.39. The Balaban J connectivity index is 1.86. The molecule has 9 heteroatoms. The summed E-state index contributed by atoms with van der Waals surface area (Å²) in [5, 5.41) is 37.2. The highest BCUT2D eigenvalue weighted by atomic mass is 31.1. The predicted octanol–water partition coefficient (Wildman–Crippen LogP) is 4.49. The second-order valence-electron chi connectivity index (χ2n) is 11.0. The first-order chi connectivity index (χ1) is 20.2. The summed E-state index contributed by atoms with van der Waals surface area (Å²) < 4.78 is 30.9. The monoisotopic (exact) mass is 596 g/mol. The summed E-state index contributed by atoms with van der Waals surface area (Å²) in [6, 6.07) is 27.3. The number of benzene rings is 3. The number of rotatable bonds is 13. The van der Waals surface area contributed by atoms with Gasteiger partial charge in [-0.25, -0.2) is 0 Å². The molecule has 0 aliphatic carbocycles. The SMILES string of the molecule is CCCC[PH](=O)O[C@H]1O[C@H](C(O)Cc2ccccc2)[C@](O)(Cc2ccccc2)[C@@](O)(Cc2ccccc2)[C@H]1OC(C)=O. The maximum absolute atomic E-state index is 13.0. The summed E-state index contributed by atoms with van der Waals surface area (Å²) in [4.78, 5) is 12.4. The van der Waals surface area contributed by atoms with Crippen LogP contribution in [0.5, 0.6) is 0 Å². The number of carbonyl (C=O) groups excluding carboxylic acids is 1. The van der Waals surface area contributed by atoms with E-state index in [4.69, 9.17) is 14.0 Å². The molecule has 7 atom stereocenters. The molecule has 0 amide bonds. The third-order valence-electron chi connectivity index (χ3n) is 7.76. The van der Waals surface area contributed by atoms with Gasteiger partial charge in [-0.05, 0) is 23.1 Å². The molecule has 1 aliphatic heterocycles. The molecule has 0 aromatic heterocycles. The number of ether oxygens (including phenoxy) is 2. The van der Waals surface area contributed by atoms with Crippen molar-refractivity contribution in [3.05, 3.63) is 108 Å². The number of esters is 1. The smallest absolute Gasteiger partial charge is 0.303 e. The first kappa shape index (κ1) is 32.1. The van der Waals surface area contributed by atoms with Crippen LogP contribution < -0.4 is 0 Å². The van der Waals surface area contributed by atoms with Crippen molar-refractivity contribution in [2.45, 2.75) is 81.8 Å². The lowest BCUT2D eigenvalue weighted by molar-refractivity contribution is -0.359. The van der Waals surface area contributed by atoms with Gasteiger partial charge in [0.25, 0.3) is 0 Å². The molecule has 1 heterocycles. The Bertz CT molecular complexity index is 1290. The second kappa shape index (κ2) is 14.6. The van der Waals surface area contributed by atoms with Crippen LogP contribution in [0.1, 0.15) is 43.4 Å². The van der Waals surface area contributed by atoms with Crippen LogP contribution >= 0.6 is 8.03 Å². The van der Waals surface area contributed by atoms with Gasteiger partial charge in [-0.1, -0.05) is 104 Å². The Hall–Kier alpha value is -2.84. The number of aliphatic hydroxyl groups is 3. The number of hydrogen-bond donors (Lipinski definition) is 3. The zero-order valence-corrected chi connectivity index (χ0v) is 25.1. The van der Waals surface area contributed by atoms with Crippen molar-refractivity contribution < 1.29 is 38.7 Å². The van der Waals surface area contributed by atoms with E-state index < -0.39 is 49.8 Å². The average molecular weight is 597 g/mol. The fourth-order valence-electron chi connectivity index (χ4n) is 5.67. The molecule has 0 bridgehead atoms. The molecule has 42 heavy (non-hydrogen) atoms. The highest BCUT2D eigenvalue weighted by Gasteiger charge is 2.68.